The zero-order chi connectivity index (χ0) is 16.8. The molecule has 0 bridgehead atoms. The van der Waals surface area contributed by atoms with Gasteiger partial charge in [-0.3, -0.25) is 0 Å². The fourth-order valence-electron chi connectivity index (χ4n) is 3.57. The van der Waals surface area contributed by atoms with Gasteiger partial charge in [-0.2, -0.15) is 0 Å². The largest absolute Gasteiger partial charge is 0.325 e. The molecule has 2 aliphatic rings. The molecule has 4 rings (SSSR count). The predicted octanol–water partition coefficient (Wildman–Crippen LogP) is 3.84. The van der Waals surface area contributed by atoms with Gasteiger partial charge in [0.2, 0.25) is 0 Å². The zero-order valence-corrected chi connectivity index (χ0v) is 13.1. The minimum absolute atomic E-state index is 0.100. The monoisotopic (exact) mass is 326 g/mol. The molecule has 0 aromatic heterocycles. The smallest absolute Gasteiger partial charge is 0.321 e. The maximum Gasteiger partial charge on any atom is 0.321 e. The van der Waals surface area contributed by atoms with Crippen molar-refractivity contribution in [3.05, 3.63) is 77.4 Å². The van der Waals surface area contributed by atoms with Gasteiger partial charge in [0, 0.05) is 19.2 Å². The number of hydrogen-bond donors (Lipinski definition) is 0. The maximum atomic E-state index is 14.3. The highest BCUT2D eigenvalue weighted by Gasteiger charge is 2.46. The summed E-state index contributed by atoms with van der Waals surface area (Å²) in [5.74, 6) is -0.960. The average Bonchev–Trinajstić information content (AvgIpc) is 3.09. The van der Waals surface area contributed by atoms with Gasteiger partial charge >= 0.3 is 6.03 Å². The van der Waals surface area contributed by atoms with Crippen LogP contribution in [0.4, 0.5) is 13.6 Å². The molecular weight excluding hydrogens is 310 g/mol. The molecule has 2 atom stereocenters. The first-order valence-electron chi connectivity index (χ1n) is 7.82. The van der Waals surface area contributed by atoms with Gasteiger partial charge in [-0.05, 0) is 29.3 Å². The van der Waals surface area contributed by atoms with E-state index in [9.17, 15) is 13.6 Å². The van der Waals surface area contributed by atoms with Crippen molar-refractivity contribution < 1.29 is 13.6 Å². The summed E-state index contributed by atoms with van der Waals surface area (Å²) < 4.78 is 27.9. The third-order valence-electron chi connectivity index (χ3n) is 4.71. The Morgan fingerprint density at radius 2 is 1.83 bits per heavy atom. The second-order valence-electron chi connectivity index (χ2n) is 6.19. The van der Waals surface area contributed by atoms with Crippen LogP contribution in [0.15, 0.2) is 54.6 Å². The van der Waals surface area contributed by atoms with E-state index in [1.165, 1.54) is 6.07 Å². The molecule has 122 valence electrons. The molecule has 0 spiro atoms. The molecule has 2 aliphatic heterocycles. The lowest BCUT2D eigenvalue weighted by Gasteiger charge is -2.24. The third kappa shape index (κ3) is 2.19. The van der Waals surface area contributed by atoms with Crippen molar-refractivity contribution in [2.45, 2.75) is 12.1 Å². The van der Waals surface area contributed by atoms with Crippen LogP contribution in [-0.4, -0.2) is 35.5 Å². The van der Waals surface area contributed by atoms with Crippen molar-refractivity contribution in [2.24, 2.45) is 0 Å². The molecule has 2 aromatic rings. The summed E-state index contributed by atoms with van der Waals surface area (Å²) in [6.07, 6.45) is 1.88. The number of urea groups is 1. The Hall–Kier alpha value is -2.69. The second-order valence-corrected chi connectivity index (χ2v) is 6.19. The van der Waals surface area contributed by atoms with E-state index < -0.39 is 11.6 Å². The zero-order valence-electron chi connectivity index (χ0n) is 13.1. The Balaban J connectivity index is 1.84. The quantitative estimate of drug-likeness (QED) is 0.822. The number of likely N-dealkylation sites (N-methyl/N-ethyl adjacent to an activating group) is 1. The van der Waals surface area contributed by atoms with Gasteiger partial charge in [0.1, 0.15) is 11.6 Å². The summed E-state index contributed by atoms with van der Waals surface area (Å²) in [6.45, 7) is 0.462. The third-order valence-corrected chi connectivity index (χ3v) is 4.71. The van der Waals surface area contributed by atoms with Crippen molar-refractivity contribution in [1.29, 1.82) is 0 Å². The molecule has 2 heterocycles. The molecule has 0 saturated carbocycles. The number of carbonyl (C=O) groups excluding carboxylic acids is 1. The van der Waals surface area contributed by atoms with Crippen molar-refractivity contribution in [3.63, 3.8) is 0 Å². The molecule has 0 radical (unpaired) electrons. The van der Waals surface area contributed by atoms with Crippen LogP contribution in [0.1, 0.15) is 17.2 Å². The van der Waals surface area contributed by atoms with E-state index in [1.54, 1.807) is 16.8 Å². The van der Waals surface area contributed by atoms with Crippen molar-refractivity contribution in [2.75, 3.05) is 13.6 Å². The molecule has 3 nitrogen and oxygen atoms in total. The minimum atomic E-state index is -0.486. The van der Waals surface area contributed by atoms with Gasteiger partial charge in [0.15, 0.2) is 0 Å². The number of fused-ring (bicyclic) bond motifs is 1. The highest BCUT2D eigenvalue weighted by Crippen LogP contribution is 2.43. The molecule has 5 heteroatoms. The van der Waals surface area contributed by atoms with Crippen molar-refractivity contribution >= 4 is 11.6 Å². The van der Waals surface area contributed by atoms with Crippen LogP contribution in [0, 0.1) is 11.6 Å². The first-order valence-corrected chi connectivity index (χ1v) is 7.82. The van der Waals surface area contributed by atoms with Crippen molar-refractivity contribution in [3.8, 4) is 0 Å². The summed E-state index contributed by atoms with van der Waals surface area (Å²) in [6, 6.07) is 12.4. The Morgan fingerprint density at radius 3 is 2.58 bits per heavy atom. The number of nitrogens with zero attached hydrogens (tertiary/aromatic N) is 2. The lowest BCUT2D eigenvalue weighted by molar-refractivity contribution is 0.189. The van der Waals surface area contributed by atoms with E-state index in [2.05, 4.69) is 0 Å². The number of rotatable bonds is 2. The topological polar surface area (TPSA) is 23.6 Å². The summed E-state index contributed by atoms with van der Waals surface area (Å²) >= 11 is 0. The van der Waals surface area contributed by atoms with Crippen LogP contribution in [0.5, 0.6) is 0 Å². The number of benzene rings is 2. The normalized spacial score (nSPS) is 22.8. The lowest BCUT2D eigenvalue weighted by Crippen LogP contribution is -2.33. The Labute approximate surface area is 138 Å². The highest BCUT2D eigenvalue weighted by molar-refractivity contribution is 5.87. The first-order chi connectivity index (χ1) is 11.6. The summed E-state index contributed by atoms with van der Waals surface area (Å²) in [4.78, 5) is 15.9. The molecule has 1 saturated heterocycles. The molecule has 1 fully saturated rings. The summed E-state index contributed by atoms with van der Waals surface area (Å²) in [5, 5.41) is 0. The number of halogens is 2. The SMILES string of the molecule is CN1C[C@H]2C(c3cc(F)ccc3F)=CC(c3ccccc3)N2C1=O. The molecule has 24 heavy (non-hydrogen) atoms. The van der Waals surface area contributed by atoms with Gasteiger partial charge < -0.3 is 9.80 Å². The van der Waals surface area contributed by atoms with Crippen LogP contribution in [0.25, 0.3) is 5.57 Å². The standard InChI is InChI=1S/C19H16F2N2O/c1-22-11-18-15(14-9-13(20)7-8-16(14)21)10-17(23(18)19(22)24)12-5-3-2-4-6-12/h2-10,17-18H,11H2,1H3/t17?,18-/m0/s1. The van der Waals surface area contributed by atoms with Gasteiger partial charge in [-0.15, -0.1) is 0 Å². The molecule has 0 N–H and O–H groups in total. The molecule has 2 aromatic carbocycles. The highest BCUT2D eigenvalue weighted by atomic mass is 19.1. The van der Waals surface area contributed by atoms with Gasteiger partial charge in [0.05, 0.1) is 12.1 Å². The Kier molecular flexibility index (Phi) is 3.37. The Bertz CT molecular complexity index is 835. The summed E-state index contributed by atoms with van der Waals surface area (Å²) in [7, 11) is 1.72. The van der Waals surface area contributed by atoms with Gasteiger partial charge in [0.25, 0.3) is 0 Å². The molecule has 1 unspecified atom stereocenters. The molecule has 2 amide bonds. The predicted molar refractivity (Wildman–Crippen MR) is 87.2 cm³/mol. The van der Waals surface area contributed by atoms with E-state index in [0.717, 1.165) is 17.7 Å². The molecule has 0 aliphatic carbocycles. The van der Waals surface area contributed by atoms with Gasteiger partial charge in [-0.25, -0.2) is 13.6 Å². The van der Waals surface area contributed by atoms with E-state index in [0.29, 0.717) is 12.1 Å². The van der Waals surface area contributed by atoms with Crippen LogP contribution >= 0.6 is 0 Å². The Morgan fingerprint density at radius 1 is 1.08 bits per heavy atom. The number of amides is 2. The molecular formula is C19H16F2N2O. The minimum Gasteiger partial charge on any atom is -0.325 e. The van der Waals surface area contributed by atoms with Gasteiger partial charge in [-0.1, -0.05) is 36.4 Å². The van der Waals surface area contributed by atoms with E-state index in [4.69, 9.17) is 0 Å². The lowest BCUT2D eigenvalue weighted by atomic mass is 9.98. The van der Waals surface area contributed by atoms with Crippen LogP contribution in [0.3, 0.4) is 0 Å². The number of hydrogen-bond acceptors (Lipinski definition) is 1. The van der Waals surface area contributed by atoms with E-state index in [1.807, 2.05) is 36.4 Å². The van der Waals surface area contributed by atoms with E-state index in [-0.39, 0.29) is 23.7 Å². The van der Waals surface area contributed by atoms with Crippen molar-refractivity contribution in [1.82, 2.24) is 9.80 Å². The van der Waals surface area contributed by atoms with Crippen LogP contribution < -0.4 is 0 Å². The second kappa shape index (κ2) is 5.44. The van der Waals surface area contributed by atoms with Crippen LogP contribution in [0.2, 0.25) is 0 Å². The summed E-state index contributed by atoms with van der Waals surface area (Å²) in [5.41, 5.74) is 1.85. The average molecular weight is 326 g/mol. The van der Waals surface area contributed by atoms with Crippen LogP contribution in [-0.2, 0) is 0 Å². The van der Waals surface area contributed by atoms with E-state index >= 15 is 0 Å². The fourth-order valence-corrected chi connectivity index (χ4v) is 3.57. The fraction of sp³-hybridized carbons (Fsp3) is 0.211. The first kappa shape index (κ1) is 14.9. The number of carbonyl (C=O) groups is 1. The maximum absolute atomic E-state index is 14.3.